The molecule has 0 bridgehead atoms. The Morgan fingerprint density at radius 1 is 1.14 bits per heavy atom. The molecule has 1 atom stereocenters. The van der Waals surface area contributed by atoms with Gasteiger partial charge in [-0.05, 0) is 37.3 Å². The number of para-hydroxylation sites is 1. The maximum atomic E-state index is 13.4. The van der Waals surface area contributed by atoms with Crippen LogP contribution in [0.25, 0.3) is 16.7 Å². The fraction of sp³-hybridized carbons (Fsp3) is 0.133. The van der Waals surface area contributed by atoms with E-state index in [-0.39, 0.29) is 10.4 Å². The molecule has 0 saturated heterocycles. The molecule has 0 spiro atoms. The molecule has 108 valence electrons. The second-order valence-electron chi connectivity index (χ2n) is 4.63. The molecule has 0 radical (unpaired) electrons. The van der Waals surface area contributed by atoms with E-state index in [9.17, 15) is 4.39 Å². The van der Waals surface area contributed by atoms with Crippen LogP contribution in [0.5, 0.6) is 0 Å². The molecule has 1 heterocycles. The van der Waals surface area contributed by atoms with Crippen molar-refractivity contribution in [3.05, 3.63) is 58.1 Å². The summed E-state index contributed by atoms with van der Waals surface area (Å²) >= 11 is 18.3. The Morgan fingerprint density at radius 2 is 1.90 bits per heavy atom. The molecule has 2 nitrogen and oxygen atoms in total. The third kappa shape index (κ3) is 2.50. The Labute approximate surface area is 136 Å². The molecule has 6 heteroatoms. The Kier molecular flexibility index (Phi) is 3.82. The van der Waals surface area contributed by atoms with Crippen molar-refractivity contribution in [1.82, 2.24) is 9.55 Å². The Balaban J connectivity index is 2.36. The van der Waals surface area contributed by atoms with Crippen LogP contribution in [0.2, 0.25) is 10.0 Å². The first kappa shape index (κ1) is 14.6. The minimum absolute atomic E-state index is 0.0459. The van der Waals surface area contributed by atoms with Crippen LogP contribution in [0.3, 0.4) is 0 Å². The number of benzene rings is 2. The summed E-state index contributed by atoms with van der Waals surface area (Å²) < 4.78 is 15.2. The first-order valence-corrected chi connectivity index (χ1v) is 7.44. The highest BCUT2D eigenvalue weighted by molar-refractivity contribution is 6.35. The summed E-state index contributed by atoms with van der Waals surface area (Å²) in [7, 11) is 0. The third-order valence-corrected chi connectivity index (χ3v) is 3.97. The summed E-state index contributed by atoms with van der Waals surface area (Å²) in [6, 6.07) is 9.97. The van der Waals surface area contributed by atoms with Gasteiger partial charge in [0.15, 0.2) is 0 Å². The van der Waals surface area contributed by atoms with Crippen molar-refractivity contribution in [2.45, 2.75) is 12.3 Å². The van der Waals surface area contributed by atoms with Crippen molar-refractivity contribution in [2.24, 2.45) is 0 Å². The molecule has 0 saturated carbocycles. The Bertz CT molecular complexity index is 827. The second kappa shape index (κ2) is 5.48. The van der Waals surface area contributed by atoms with Gasteiger partial charge in [-0.1, -0.05) is 29.3 Å². The normalized spacial score (nSPS) is 12.8. The lowest BCUT2D eigenvalue weighted by atomic mass is 10.2. The van der Waals surface area contributed by atoms with Gasteiger partial charge in [-0.2, -0.15) is 0 Å². The van der Waals surface area contributed by atoms with Gasteiger partial charge >= 0.3 is 0 Å². The predicted octanol–water partition coefficient (Wildman–Crippen LogP) is 5.77. The van der Waals surface area contributed by atoms with E-state index in [0.717, 1.165) is 5.52 Å². The number of halogens is 4. The van der Waals surface area contributed by atoms with Gasteiger partial charge in [-0.25, -0.2) is 9.37 Å². The van der Waals surface area contributed by atoms with E-state index in [0.29, 0.717) is 22.1 Å². The smallest absolute Gasteiger partial charge is 0.141 e. The molecule has 0 aliphatic carbocycles. The van der Waals surface area contributed by atoms with Crippen molar-refractivity contribution in [2.75, 3.05) is 0 Å². The molecule has 3 rings (SSSR count). The van der Waals surface area contributed by atoms with E-state index in [1.165, 1.54) is 6.07 Å². The summed E-state index contributed by atoms with van der Waals surface area (Å²) in [4.78, 5) is 4.50. The average molecular weight is 344 g/mol. The van der Waals surface area contributed by atoms with Crippen LogP contribution in [0.4, 0.5) is 4.39 Å². The Hall–Kier alpha value is -1.29. The molecule has 1 aromatic heterocycles. The van der Waals surface area contributed by atoms with Gasteiger partial charge < -0.3 is 0 Å². The number of fused-ring (bicyclic) bond motifs is 1. The quantitative estimate of drug-likeness (QED) is 0.540. The molecule has 0 aliphatic heterocycles. The molecule has 2 aromatic carbocycles. The number of rotatable bonds is 2. The zero-order chi connectivity index (χ0) is 15.1. The summed E-state index contributed by atoms with van der Waals surface area (Å²) in [6.45, 7) is 1.82. The highest BCUT2D eigenvalue weighted by Crippen LogP contribution is 2.32. The van der Waals surface area contributed by atoms with Crippen molar-refractivity contribution in [1.29, 1.82) is 0 Å². The van der Waals surface area contributed by atoms with Crippen LogP contribution in [-0.4, -0.2) is 9.55 Å². The van der Waals surface area contributed by atoms with Crippen LogP contribution in [0.15, 0.2) is 36.4 Å². The lowest BCUT2D eigenvalue weighted by molar-refractivity contribution is 0.627. The number of alkyl halides is 1. The molecular weight excluding hydrogens is 334 g/mol. The number of aromatic nitrogens is 2. The van der Waals surface area contributed by atoms with Crippen molar-refractivity contribution < 1.29 is 4.39 Å². The lowest BCUT2D eigenvalue weighted by Gasteiger charge is -2.11. The van der Waals surface area contributed by atoms with E-state index in [1.54, 1.807) is 18.2 Å². The van der Waals surface area contributed by atoms with E-state index in [1.807, 2.05) is 23.6 Å². The minimum atomic E-state index is -0.469. The van der Waals surface area contributed by atoms with Gasteiger partial charge in [0.1, 0.15) is 17.2 Å². The van der Waals surface area contributed by atoms with E-state index in [2.05, 4.69) is 4.98 Å². The molecule has 1 unspecified atom stereocenters. The first-order chi connectivity index (χ1) is 9.99. The summed E-state index contributed by atoms with van der Waals surface area (Å²) in [5, 5.41) is 0.250. The van der Waals surface area contributed by atoms with Gasteiger partial charge in [-0.15, -0.1) is 11.6 Å². The fourth-order valence-electron chi connectivity index (χ4n) is 2.25. The van der Waals surface area contributed by atoms with Crippen molar-refractivity contribution in [3.8, 4) is 5.69 Å². The number of imidazole rings is 1. The molecule has 0 N–H and O–H groups in total. The Morgan fingerprint density at radius 3 is 2.57 bits per heavy atom. The molecule has 0 fully saturated rings. The summed E-state index contributed by atoms with van der Waals surface area (Å²) in [5.41, 5.74) is 2.14. The van der Waals surface area contributed by atoms with Gasteiger partial charge in [0.25, 0.3) is 0 Å². The summed E-state index contributed by atoms with van der Waals surface area (Å²) in [6.07, 6.45) is 0. The van der Waals surface area contributed by atoms with Gasteiger partial charge in [0, 0.05) is 5.69 Å². The third-order valence-electron chi connectivity index (χ3n) is 3.18. The number of hydrogen-bond donors (Lipinski definition) is 0. The van der Waals surface area contributed by atoms with E-state index in [4.69, 9.17) is 34.8 Å². The van der Waals surface area contributed by atoms with Crippen molar-refractivity contribution in [3.63, 3.8) is 0 Å². The zero-order valence-electron chi connectivity index (χ0n) is 10.9. The number of nitrogens with zero attached hydrogens (tertiary/aromatic N) is 2. The van der Waals surface area contributed by atoms with Gasteiger partial charge in [0.05, 0.1) is 20.9 Å². The van der Waals surface area contributed by atoms with E-state index >= 15 is 0 Å². The lowest BCUT2D eigenvalue weighted by Crippen LogP contribution is -2.02. The SMILES string of the molecule is CC(Cl)c1nc2c(Cl)cccc2n1-c1ccc(F)c(Cl)c1. The van der Waals surface area contributed by atoms with Gasteiger partial charge in [0.2, 0.25) is 0 Å². The predicted molar refractivity (Wildman–Crippen MR) is 85.3 cm³/mol. The second-order valence-corrected chi connectivity index (χ2v) is 6.10. The highest BCUT2D eigenvalue weighted by atomic mass is 35.5. The molecule has 21 heavy (non-hydrogen) atoms. The van der Waals surface area contributed by atoms with E-state index < -0.39 is 5.82 Å². The molecular formula is C15H10Cl3FN2. The average Bonchev–Trinajstić information content (AvgIpc) is 2.83. The molecule has 0 amide bonds. The van der Waals surface area contributed by atoms with Crippen LogP contribution in [0.1, 0.15) is 18.1 Å². The molecule has 0 aliphatic rings. The molecule has 3 aromatic rings. The maximum absolute atomic E-state index is 13.4. The van der Waals surface area contributed by atoms with Crippen LogP contribution < -0.4 is 0 Å². The van der Waals surface area contributed by atoms with Crippen LogP contribution in [-0.2, 0) is 0 Å². The van der Waals surface area contributed by atoms with Crippen molar-refractivity contribution >= 4 is 45.8 Å². The monoisotopic (exact) mass is 342 g/mol. The first-order valence-electron chi connectivity index (χ1n) is 6.25. The van der Waals surface area contributed by atoms with Crippen LogP contribution in [0, 0.1) is 5.82 Å². The highest BCUT2D eigenvalue weighted by Gasteiger charge is 2.18. The maximum Gasteiger partial charge on any atom is 0.141 e. The van der Waals surface area contributed by atoms with Gasteiger partial charge in [-0.3, -0.25) is 4.57 Å². The van der Waals surface area contributed by atoms with Crippen LogP contribution >= 0.6 is 34.8 Å². The fourth-order valence-corrected chi connectivity index (χ4v) is 2.78. The topological polar surface area (TPSA) is 17.8 Å². The minimum Gasteiger partial charge on any atom is -0.295 e. The zero-order valence-corrected chi connectivity index (χ0v) is 13.2. The number of hydrogen-bond acceptors (Lipinski definition) is 1. The summed E-state index contributed by atoms with van der Waals surface area (Å²) in [5.74, 6) is 0.158. The standard InChI is InChI=1S/C15H10Cl3FN2/c1-8(16)15-20-14-10(17)3-2-4-13(14)21(15)9-5-6-12(19)11(18)7-9/h2-8H,1H3. The largest absolute Gasteiger partial charge is 0.295 e.